The van der Waals surface area contributed by atoms with Crippen molar-refractivity contribution in [2.75, 3.05) is 13.1 Å². The molecule has 1 aromatic carbocycles. The van der Waals surface area contributed by atoms with E-state index >= 15 is 0 Å². The van der Waals surface area contributed by atoms with Crippen LogP contribution in [-0.2, 0) is 16.1 Å². The SMILES string of the molecule is CC.CC(C)(C)OC(=O)C1CN(Cc2ccc(/C(N)=N/O)cc2)C1. The number of benzene rings is 1. The Morgan fingerprint density at radius 2 is 1.83 bits per heavy atom. The van der Waals surface area contributed by atoms with Gasteiger partial charge in [-0.2, -0.15) is 0 Å². The average Bonchev–Trinajstić information content (AvgIpc) is 2.50. The maximum absolute atomic E-state index is 11.9. The van der Waals surface area contributed by atoms with Crippen LogP contribution in [0.2, 0.25) is 0 Å². The minimum atomic E-state index is -0.429. The van der Waals surface area contributed by atoms with Gasteiger partial charge in [-0.25, -0.2) is 0 Å². The normalized spacial score (nSPS) is 16.0. The molecule has 1 aromatic rings. The van der Waals surface area contributed by atoms with Gasteiger partial charge in [-0.3, -0.25) is 9.69 Å². The summed E-state index contributed by atoms with van der Waals surface area (Å²) < 4.78 is 5.38. The molecule has 0 amide bonds. The van der Waals surface area contributed by atoms with Crippen molar-refractivity contribution < 1.29 is 14.7 Å². The van der Waals surface area contributed by atoms with E-state index in [2.05, 4.69) is 10.1 Å². The number of hydrogen-bond acceptors (Lipinski definition) is 5. The third-order valence-electron chi connectivity index (χ3n) is 3.46. The lowest BCUT2D eigenvalue weighted by atomic mass is 9.98. The Morgan fingerprint density at radius 1 is 1.29 bits per heavy atom. The molecule has 24 heavy (non-hydrogen) atoms. The average molecular weight is 335 g/mol. The van der Waals surface area contributed by atoms with Crippen LogP contribution in [0.25, 0.3) is 0 Å². The monoisotopic (exact) mass is 335 g/mol. The third-order valence-corrected chi connectivity index (χ3v) is 3.46. The van der Waals surface area contributed by atoms with Gasteiger partial charge in [0.05, 0.1) is 5.92 Å². The highest BCUT2D eigenvalue weighted by Crippen LogP contribution is 2.22. The summed E-state index contributed by atoms with van der Waals surface area (Å²) in [6, 6.07) is 7.51. The zero-order valence-corrected chi connectivity index (χ0v) is 15.2. The van der Waals surface area contributed by atoms with Crippen LogP contribution < -0.4 is 5.73 Å². The Balaban J connectivity index is 0.00000139. The second kappa shape index (κ2) is 8.68. The van der Waals surface area contributed by atoms with E-state index in [0.29, 0.717) is 5.56 Å². The molecule has 1 aliphatic heterocycles. The van der Waals surface area contributed by atoms with Gasteiger partial charge in [0.2, 0.25) is 0 Å². The van der Waals surface area contributed by atoms with Gasteiger partial charge in [0.1, 0.15) is 5.60 Å². The Labute approximate surface area is 144 Å². The van der Waals surface area contributed by atoms with Gasteiger partial charge in [-0.05, 0) is 26.3 Å². The molecule has 1 aliphatic rings. The second-order valence-electron chi connectivity index (χ2n) is 6.61. The summed E-state index contributed by atoms with van der Waals surface area (Å²) in [5.74, 6) is -0.0535. The number of nitrogens with two attached hydrogens (primary N) is 1. The number of oxime groups is 1. The third kappa shape index (κ3) is 5.85. The van der Waals surface area contributed by atoms with Crippen molar-refractivity contribution in [3.63, 3.8) is 0 Å². The molecule has 1 saturated heterocycles. The topological polar surface area (TPSA) is 88.2 Å². The first-order chi connectivity index (χ1) is 11.3. The molecule has 0 aromatic heterocycles. The van der Waals surface area contributed by atoms with Gasteiger partial charge in [0.15, 0.2) is 5.84 Å². The van der Waals surface area contributed by atoms with Gasteiger partial charge in [0.25, 0.3) is 0 Å². The summed E-state index contributed by atoms with van der Waals surface area (Å²) >= 11 is 0. The first-order valence-corrected chi connectivity index (χ1v) is 8.30. The molecule has 3 N–H and O–H groups in total. The van der Waals surface area contributed by atoms with Crippen LogP contribution in [0.1, 0.15) is 45.7 Å². The van der Waals surface area contributed by atoms with Gasteiger partial charge in [-0.1, -0.05) is 43.3 Å². The van der Waals surface area contributed by atoms with Crippen LogP contribution in [-0.4, -0.2) is 40.6 Å². The van der Waals surface area contributed by atoms with Crippen LogP contribution in [0, 0.1) is 5.92 Å². The van der Waals surface area contributed by atoms with Crippen LogP contribution in [0.15, 0.2) is 29.4 Å². The number of ether oxygens (including phenoxy) is 1. The fraction of sp³-hybridized carbons (Fsp3) is 0.556. The Morgan fingerprint density at radius 3 is 2.29 bits per heavy atom. The molecule has 6 heteroatoms. The maximum atomic E-state index is 11.9. The quantitative estimate of drug-likeness (QED) is 0.290. The number of amidine groups is 1. The summed E-state index contributed by atoms with van der Waals surface area (Å²) in [4.78, 5) is 14.1. The second-order valence-corrected chi connectivity index (χ2v) is 6.61. The molecule has 0 aliphatic carbocycles. The van der Waals surface area contributed by atoms with Crippen molar-refractivity contribution in [2.45, 2.75) is 46.8 Å². The smallest absolute Gasteiger partial charge is 0.312 e. The van der Waals surface area contributed by atoms with E-state index in [0.717, 1.165) is 25.2 Å². The van der Waals surface area contributed by atoms with Crippen molar-refractivity contribution >= 4 is 11.8 Å². The zero-order valence-electron chi connectivity index (χ0n) is 15.2. The van der Waals surface area contributed by atoms with Crippen molar-refractivity contribution in [2.24, 2.45) is 16.8 Å². The maximum Gasteiger partial charge on any atom is 0.312 e. The van der Waals surface area contributed by atoms with Crippen LogP contribution >= 0.6 is 0 Å². The number of esters is 1. The van der Waals surface area contributed by atoms with Gasteiger partial charge in [0, 0.05) is 25.2 Å². The summed E-state index contributed by atoms with van der Waals surface area (Å²) in [5, 5.41) is 11.6. The predicted molar refractivity (Wildman–Crippen MR) is 94.9 cm³/mol. The van der Waals surface area contributed by atoms with Crippen molar-refractivity contribution in [3.8, 4) is 0 Å². The molecule has 0 atom stereocenters. The Bertz CT molecular complexity index is 556. The van der Waals surface area contributed by atoms with E-state index in [-0.39, 0.29) is 17.7 Å². The highest BCUT2D eigenvalue weighted by molar-refractivity contribution is 5.96. The molecule has 6 nitrogen and oxygen atoms in total. The summed E-state index contributed by atoms with van der Waals surface area (Å²) in [7, 11) is 0. The van der Waals surface area contributed by atoms with Crippen molar-refractivity contribution in [1.29, 1.82) is 0 Å². The van der Waals surface area contributed by atoms with Crippen LogP contribution in [0.3, 0.4) is 0 Å². The fourth-order valence-corrected chi connectivity index (χ4v) is 2.33. The minimum Gasteiger partial charge on any atom is -0.460 e. The number of carbonyl (C=O) groups excluding carboxylic acids is 1. The van der Waals surface area contributed by atoms with Crippen molar-refractivity contribution in [3.05, 3.63) is 35.4 Å². The molecular weight excluding hydrogens is 306 g/mol. The number of likely N-dealkylation sites (tertiary alicyclic amines) is 1. The van der Waals surface area contributed by atoms with E-state index in [9.17, 15) is 4.79 Å². The largest absolute Gasteiger partial charge is 0.460 e. The van der Waals surface area contributed by atoms with E-state index in [1.807, 2.05) is 58.9 Å². The summed E-state index contributed by atoms with van der Waals surface area (Å²) in [6.45, 7) is 11.8. The first-order valence-electron chi connectivity index (χ1n) is 8.30. The van der Waals surface area contributed by atoms with E-state index in [1.165, 1.54) is 0 Å². The fourth-order valence-electron chi connectivity index (χ4n) is 2.33. The molecule has 0 radical (unpaired) electrons. The van der Waals surface area contributed by atoms with E-state index < -0.39 is 5.60 Å². The molecule has 0 unspecified atom stereocenters. The molecule has 1 heterocycles. The number of carbonyl (C=O) groups is 1. The molecule has 1 fully saturated rings. The molecule has 2 rings (SSSR count). The lowest BCUT2D eigenvalue weighted by Crippen LogP contribution is -2.51. The zero-order chi connectivity index (χ0) is 18.3. The van der Waals surface area contributed by atoms with Gasteiger partial charge >= 0.3 is 5.97 Å². The standard InChI is InChI=1S/C16H23N3O3.C2H6/c1-16(2,3)22-15(20)13-9-19(10-13)8-11-4-6-12(7-5-11)14(17)18-21;1-2/h4-7,13,21H,8-10H2,1-3H3,(H2,17,18);1-2H3. The number of hydrogen-bond donors (Lipinski definition) is 2. The summed E-state index contributed by atoms with van der Waals surface area (Å²) in [5.41, 5.74) is 6.90. The van der Waals surface area contributed by atoms with Crippen LogP contribution in [0.5, 0.6) is 0 Å². The highest BCUT2D eigenvalue weighted by Gasteiger charge is 2.35. The van der Waals surface area contributed by atoms with Crippen molar-refractivity contribution in [1.82, 2.24) is 4.90 Å². The highest BCUT2D eigenvalue weighted by atomic mass is 16.6. The molecule has 0 bridgehead atoms. The Kier molecular flexibility index (Phi) is 7.22. The molecular formula is C18H29N3O3. The number of nitrogens with zero attached hydrogens (tertiary/aromatic N) is 2. The minimum absolute atomic E-state index is 0.0318. The molecule has 0 spiro atoms. The molecule has 134 valence electrons. The first kappa shape index (κ1) is 20.0. The van der Waals surface area contributed by atoms with Gasteiger partial charge < -0.3 is 15.7 Å². The van der Waals surface area contributed by atoms with Gasteiger partial charge in [-0.15, -0.1) is 0 Å². The van der Waals surface area contributed by atoms with E-state index in [1.54, 1.807) is 0 Å². The predicted octanol–water partition coefficient (Wildman–Crippen LogP) is 2.58. The Hall–Kier alpha value is -2.08. The lowest BCUT2D eigenvalue weighted by Gasteiger charge is -2.38. The molecule has 0 saturated carbocycles. The van der Waals surface area contributed by atoms with E-state index in [4.69, 9.17) is 15.7 Å². The summed E-state index contributed by atoms with van der Waals surface area (Å²) in [6.07, 6.45) is 0. The lowest BCUT2D eigenvalue weighted by molar-refractivity contribution is -0.166. The van der Waals surface area contributed by atoms with Crippen LogP contribution in [0.4, 0.5) is 0 Å². The number of rotatable bonds is 4.